The van der Waals surface area contributed by atoms with Gasteiger partial charge in [0.25, 0.3) is 17.7 Å². The number of esters is 1. The Balaban J connectivity index is 1.70. The van der Waals surface area contributed by atoms with Crippen LogP contribution in [0.15, 0.2) is 61.2 Å². The third-order valence-corrected chi connectivity index (χ3v) is 4.46. The second-order valence-electron chi connectivity index (χ2n) is 6.52. The first-order valence-electron chi connectivity index (χ1n) is 9.06. The molecule has 0 saturated heterocycles. The average molecular weight is 392 g/mol. The highest BCUT2D eigenvalue weighted by Gasteiger charge is 2.35. The van der Waals surface area contributed by atoms with Gasteiger partial charge in [-0.3, -0.25) is 19.3 Å². The first-order chi connectivity index (χ1) is 13.9. The van der Waals surface area contributed by atoms with Crippen LogP contribution < -0.4 is 5.32 Å². The summed E-state index contributed by atoms with van der Waals surface area (Å²) in [5.41, 5.74) is 1.56. The molecular weight excluding hydrogens is 372 g/mol. The predicted molar refractivity (Wildman–Crippen MR) is 105 cm³/mol. The molecule has 7 heteroatoms. The van der Waals surface area contributed by atoms with Crippen LogP contribution in [0.2, 0.25) is 0 Å². The highest BCUT2D eigenvalue weighted by molar-refractivity contribution is 6.21. The van der Waals surface area contributed by atoms with Crippen molar-refractivity contribution in [3.63, 3.8) is 0 Å². The van der Waals surface area contributed by atoms with Gasteiger partial charge in [-0.05, 0) is 36.8 Å². The van der Waals surface area contributed by atoms with Gasteiger partial charge in [-0.2, -0.15) is 0 Å². The van der Waals surface area contributed by atoms with Crippen LogP contribution in [0.25, 0.3) is 0 Å². The van der Waals surface area contributed by atoms with E-state index in [-0.39, 0.29) is 30.5 Å². The molecule has 0 aromatic heterocycles. The SMILES string of the molecule is C=CCNC(=O)[C@@H](C)OC(=O)c1cccc(CN2C(=O)c3ccccc3C2=O)c1. The van der Waals surface area contributed by atoms with E-state index in [1.165, 1.54) is 13.0 Å². The molecule has 2 aromatic rings. The van der Waals surface area contributed by atoms with Gasteiger partial charge < -0.3 is 10.1 Å². The number of carbonyl (C=O) groups excluding carboxylic acids is 4. The van der Waals surface area contributed by atoms with E-state index in [1.54, 1.807) is 48.5 Å². The van der Waals surface area contributed by atoms with E-state index in [4.69, 9.17) is 4.74 Å². The van der Waals surface area contributed by atoms with E-state index < -0.39 is 18.0 Å². The van der Waals surface area contributed by atoms with Gasteiger partial charge in [-0.25, -0.2) is 4.79 Å². The molecule has 0 spiro atoms. The number of carbonyl (C=O) groups is 4. The van der Waals surface area contributed by atoms with Crippen molar-refractivity contribution in [1.29, 1.82) is 0 Å². The minimum atomic E-state index is -0.970. The molecule has 1 atom stereocenters. The van der Waals surface area contributed by atoms with Crippen LogP contribution in [-0.2, 0) is 16.1 Å². The number of benzene rings is 2. The Bertz CT molecular complexity index is 963. The molecular formula is C22H20N2O5. The Labute approximate surface area is 168 Å². The molecule has 1 aliphatic heterocycles. The van der Waals surface area contributed by atoms with Crippen molar-refractivity contribution in [2.24, 2.45) is 0 Å². The summed E-state index contributed by atoms with van der Waals surface area (Å²) in [6.45, 7) is 5.28. The molecule has 0 unspecified atom stereocenters. The average Bonchev–Trinajstić information content (AvgIpc) is 2.97. The maximum Gasteiger partial charge on any atom is 0.338 e. The summed E-state index contributed by atoms with van der Waals surface area (Å²) < 4.78 is 5.18. The Morgan fingerprint density at radius 3 is 2.38 bits per heavy atom. The number of hydrogen-bond donors (Lipinski definition) is 1. The summed E-state index contributed by atoms with van der Waals surface area (Å²) >= 11 is 0. The highest BCUT2D eigenvalue weighted by Crippen LogP contribution is 2.24. The third kappa shape index (κ3) is 4.24. The fourth-order valence-corrected chi connectivity index (χ4v) is 2.96. The maximum absolute atomic E-state index is 12.5. The first-order valence-corrected chi connectivity index (χ1v) is 9.06. The number of imide groups is 1. The molecule has 7 nitrogen and oxygen atoms in total. The Morgan fingerprint density at radius 2 is 1.76 bits per heavy atom. The number of rotatable bonds is 7. The summed E-state index contributed by atoms with van der Waals surface area (Å²) in [5, 5.41) is 2.55. The van der Waals surface area contributed by atoms with Crippen LogP contribution in [0.3, 0.4) is 0 Å². The summed E-state index contributed by atoms with van der Waals surface area (Å²) in [4.78, 5) is 50.3. The Kier molecular flexibility index (Phi) is 5.87. The number of nitrogens with one attached hydrogen (secondary N) is 1. The minimum Gasteiger partial charge on any atom is -0.449 e. The standard InChI is InChI=1S/C22H20N2O5/c1-3-11-23-19(25)14(2)29-22(28)16-8-6-7-15(12-16)13-24-20(26)17-9-4-5-10-18(17)21(24)27/h3-10,12,14H,1,11,13H2,2H3,(H,23,25)/t14-/m1/s1. The summed E-state index contributed by atoms with van der Waals surface area (Å²) in [6.07, 6.45) is 0.553. The molecule has 29 heavy (non-hydrogen) atoms. The van der Waals surface area contributed by atoms with Gasteiger partial charge >= 0.3 is 5.97 Å². The zero-order valence-corrected chi connectivity index (χ0v) is 15.9. The van der Waals surface area contributed by atoms with E-state index in [2.05, 4.69) is 11.9 Å². The largest absolute Gasteiger partial charge is 0.449 e. The van der Waals surface area contributed by atoms with E-state index in [9.17, 15) is 19.2 Å². The number of nitrogens with zero attached hydrogens (tertiary/aromatic N) is 1. The lowest BCUT2D eigenvalue weighted by Gasteiger charge is -2.15. The van der Waals surface area contributed by atoms with Gasteiger partial charge in [0.2, 0.25) is 0 Å². The van der Waals surface area contributed by atoms with Crippen molar-refractivity contribution in [3.8, 4) is 0 Å². The fraction of sp³-hybridized carbons (Fsp3) is 0.182. The fourth-order valence-electron chi connectivity index (χ4n) is 2.96. The van der Waals surface area contributed by atoms with Crippen LogP contribution >= 0.6 is 0 Å². The first kappa shape index (κ1) is 20.0. The monoisotopic (exact) mass is 392 g/mol. The van der Waals surface area contributed by atoms with E-state index in [1.807, 2.05) is 0 Å². The van der Waals surface area contributed by atoms with Gasteiger partial charge in [-0.1, -0.05) is 30.3 Å². The molecule has 0 fully saturated rings. The molecule has 1 aliphatic rings. The van der Waals surface area contributed by atoms with Gasteiger partial charge in [0.15, 0.2) is 6.10 Å². The number of hydrogen-bond acceptors (Lipinski definition) is 5. The molecule has 0 aliphatic carbocycles. The van der Waals surface area contributed by atoms with E-state index in [0.717, 1.165) is 4.90 Å². The number of fused-ring (bicyclic) bond motifs is 1. The normalized spacial score (nSPS) is 13.6. The van der Waals surface area contributed by atoms with E-state index >= 15 is 0 Å². The Hall–Kier alpha value is -3.74. The summed E-state index contributed by atoms with van der Waals surface area (Å²) in [6, 6.07) is 13.1. The van der Waals surface area contributed by atoms with Gasteiger partial charge in [0.05, 0.1) is 23.2 Å². The quantitative estimate of drug-likeness (QED) is 0.444. The maximum atomic E-state index is 12.5. The molecule has 148 valence electrons. The van der Waals surface area contributed by atoms with Crippen LogP contribution in [0.5, 0.6) is 0 Å². The smallest absolute Gasteiger partial charge is 0.338 e. The number of amides is 3. The van der Waals surface area contributed by atoms with E-state index in [0.29, 0.717) is 16.7 Å². The lowest BCUT2D eigenvalue weighted by atomic mass is 10.1. The number of ether oxygens (including phenoxy) is 1. The molecule has 0 radical (unpaired) electrons. The molecule has 2 aromatic carbocycles. The Morgan fingerprint density at radius 1 is 1.10 bits per heavy atom. The lowest BCUT2D eigenvalue weighted by molar-refractivity contribution is -0.128. The molecule has 0 saturated carbocycles. The third-order valence-electron chi connectivity index (χ3n) is 4.46. The van der Waals surface area contributed by atoms with Crippen molar-refractivity contribution in [3.05, 3.63) is 83.4 Å². The van der Waals surface area contributed by atoms with Crippen molar-refractivity contribution in [2.45, 2.75) is 19.6 Å². The minimum absolute atomic E-state index is 0.0306. The molecule has 0 bridgehead atoms. The lowest BCUT2D eigenvalue weighted by Crippen LogP contribution is -2.35. The molecule has 1 heterocycles. The van der Waals surface area contributed by atoms with Crippen LogP contribution in [-0.4, -0.2) is 41.2 Å². The van der Waals surface area contributed by atoms with Gasteiger partial charge in [0, 0.05) is 6.54 Å². The summed E-state index contributed by atoms with van der Waals surface area (Å²) in [5.74, 6) is -1.84. The van der Waals surface area contributed by atoms with Crippen LogP contribution in [0, 0.1) is 0 Å². The molecule has 3 rings (SSSR count). The van der Waals surface area contributed by atoms with Crippen LogP contribution in [0.4, 0.5) is 0 Å². The van der Waals surface area contributed by atoms with Crippen molar-refractivity contribution < 1.29 is 23.9 Å². The van der Waals surface area contributed by atoms with Crippen molar-refractivity contribution in [1.82, 2.24) is 10.2 Å². The zero-order chi connectivity index (χ0) is 21.0. The second kappa shape index (κ2) is 8.52. The predicted octanol–water partition coefficient (Wildman–Crippen LogP) is 2.33. The molecule has 3 amide bonds. The van der Waals surface area contributed by atoms with Crippen molar-refractivity contribution in [2.75, 3.05) is 6.54 Å². The topological polar surface area (TPSA) is 92.8 Å². The van der Waals surface area contributed by atoms with Crippen molar-refractivity contribution >= 4 is 23.7 Å². The second-order valence-corrected chi connectivity index (χ2v) is 6.52. The van der Waals surface area contributed by atoms with Gasteiger partial charge in [0.1, 0.15) is 0 Å². The zero-order valence-electron chi connectivity index (χ0n) is 15.9. The van der Waals surface area contributed by atoms with Gasteiger partial charge in [-0.15, -0.1) is 6.58 Å². The molecule has 1 N–H and O–H groups in total. The summed E-state index contributed by atoms with van der Waals surface area (Å²) in [7, 11) is 0. The highest BCUT2D eigenvalue weighted by atomic mass is 16.5. The van der Waals surface area contributed by atoms with Crippen LogP contribution in [0.1, 0.15) is 43.6 Å².